The third-order valence-electron chi connectivity index (χ3n) is 5.83. The maximum absolute atomic E-state index is 12.9. The maximum Gasteiger partial charge on any atom is 0.573 e. The van der Waals surface area contributed by atoms with Gasteiger partial charge in [0.2, 0.25) is 0 Å². The highest BCUT2D eigenvalue weighted by atomic mass is 19.4. The lowest BCUT2D eigenvalue weighted by Crippen LogP contribution is -2.36. The second-order valence-electron chi connectivity index (χ2n) is 7.87. The Bertz CT molecular complexity index is 919. The van der Waals surface area contributed by atoms with Gasteiger partial charge in [0.05, 0.1) is 0 Å². The number of hydrogen-bond acceptors (Lipinski definition) is 4. The van der Waals surface area contributed by atoms with Gasteiger partial charge in [-0.15, -0.1) is 13.2 Å². The van der Waals surface area contributed by atoms with Gasteiger partial charge in [-0.3, -0.25) is 9.48 Å². The van der Waals surface area contributed by atoms with Crippen LogP contribution in [0.1, 0.15) is 46.6 Å². The van der Waals surface area contributed by atoms with Crippen LogP contribution in [0, 0.1) is 0 Å². The molecule has 4 rings (SSSR count). The fraction of sp³-hybridized carbons (Fsp3) is 0.524. The molecule has 1 aliphatic carbocycles. The maximum atomic E-state index is 12.9. The highest BCUT2D eigenvalue weighted by Crippen LogP contribution is 2.28. The van der Waals surface area contributed by atoms with E-state index >= 15 is 0 Å². The van der Waals surface area contributed by atoms with Crippen molar-refractivity contribution in [2.45, 2.75) is 51.1 Å². The Morgan fingerprint density at radius 1 is 1.27 bits per heavy atom. The normalized spacial score (nSPS) is 19.1. The van der Waals surface area contributed by atoms with E-state index in [0.29, 0.717) is 17.7 Å². The van der Waals surface area contributed by atoms with Crippen molar-refractivity contribution in [2.24, 2.45) is 7.05 Å². The first-order valence-corrected chi connectivity index (χ1v) is 10.2. The highest BCUT2D eigenvalue weighted by molar-refractivity contribution is 5.94. The van der Waals surface area contributed by atoms with Crippen molar-refractivity contribution in [1.82, 2.24) is 20.0 Å². The summed E-state index contributed by atoms with van der Waals surface area (Å²) in [7, 11) is 1.86. The van der Waals surface area contributed by atoms with Crippen LogP contribution in [-0.4, -0.2) is 46.1 Å². The first-order chi connectivity index (χ1) is 14.3. The zero-order valence-electron chi connectivity index (χ0n) is 16.8. The van der Waals surface area contributed by atoms with Crippen LogP contribution in [0.3, 0.4) is 0 Å². The molecule has 2 aromatic rings. The summed E-state index contributed by atoms with van der Waals surface area (Å²) in [6.07, 6.45) is -0.470. The van der Waals surface area contributed by atoms with E-state index in [-0.39, 0.29) is 24.2 Å². The number of halogens is 3. The van der Waals surface area contributed by atoms with E-state index in [4.69, 9.17) is 0 Å². The Balaban J connectivity index is 1.46. The van der Waals surface area contributed by atoms with Crippen LogP contribution >= 0.6 is 0 Å². The van der Waals surface area contributed by atoms with E-state index in [1.807, 2.05) is 11.9 Å². The van der Waals surface area contributed by atoms with Crippen LogP contribution in [0.4, 0.5) is 13.2 Å². The molecule has 162 valence electrons. The topological polar surface area (TPSA) is 59.4 Å². The molecule has 1 amide bonds. The molecule has 30 heavy (non-hydrogen) atoms. The molecule has 2 heterocycles. The summed E-state index contributed by atoms with van der Waals surface area (Å²) in [6.45, 7) is 1.78. The monoisotopic (exact) mass is 422 g/mol. The second-order valence-corrected chi connectivity index (χ2v) is 7.87. The van der Waals surface area contributed by atoms with Crippen molar-refractivity contribution >= 4 is 5.91 Å². The van der Waals surface area contributed by atoms with Gasteiger partial charge in [0.1, 0.15) is 5.75 Å². The number of alkyl halides is 3. The Kier molecular flexibility index (Phi) is 5.73. The zero-order chi connectivity index (χ0) is 21.3. The molecule has 1 N–H and O–H groups in total. The smallest absolute Gasteiger partial charge is 0.405 e. The van der Waals surface area contributed by atoms with Crippen LogP contribution in [0.25, 0.3) is 0 Å². The number of hydrogen-bond donors (Lipinski definition) is 1. The molecule has 2 aliphatic rings. The SMILES string of the molecule is Cn1nc(C(=O)N2CCCC2)c2c1CCC(NCc1ccccc1OC(F)(F)F)C2. The van der Waals surface area contributed by atoms with Crippen molar-refractivity contribution in [3.8, 4) is 5.75 Å². The first-order valence-electron chi connectivity index (χ1n) is 10.2. The Labute approximate surface area is 173 Å². The number of nitrogens with zero attached hydrogens (tertiary/aromatic N) is 3. The van der Waals surface area contributed by atoms with Gasteiger partial charge in [-0.1, -0.05) is 18.2 Å². The number of carbonyl (C=O) groups is 1. The Morgan fingerprint density at radius 2 is 2.00 bits per heavy atom. The van der Waals surface area contributed by atoms with E-state index < -0.39 is 6.36 Å². The molecule has 0 spiro atoms. The number of aryl methyl sites for hydroxylation is 1. The third kappa shape index (κ3) is 4.45. The molecular weight excluding hydrogens is 397 g/mol. The molecule has 1 saturated heterocycles. The van der Waals surface area contributed by atoms with Gasteiger partial charge in [-0.25, -0.2) is 0 Å². The van der Waals surface area contributed by atoms with Crippen LogP contribution in [-0.2, 0) is 26.4 Å². The van der Waals surface area contributed by atoms with Crippen LogP contribution < -0.4 is 10.1 Å². The fourth-order valence-electron chi connectivity index (χ4n) is 4.33. The molecule has 1 aliphatic heterocycles. The molecule has 0 radical (unpaired) electrons. The minimum atomic E-state index is -4.73. The number of para-hydroxylation sites is 1. The van der Waals surface area contributed by atoms with Crippen molar-refractivity contribution in [1.29, 1.82) is 0 Å². The molecular formula is C21H25F3N4O2. The lowest BCUT2D eigenvalue weighted by atomic mass is 9.91. The average Bonchev–Trinajstić information content (AvgIpc) is 3.34. The molecule has 0 bridgehead atoms. The standard InChI is InChI=1S/C21H25F3N4O2/c1-27-17-9-8-15(12-16(17)19(26-27)20(29)28-10-4-5-11-28)25-13-14-6-2-3-7-18(14)30-21(22,23)24/h2-3,6-7,15,25H,4-5,8-13H2,1H3. The summed E-state index contributed by atoms with van der Waals surface area (Å²) >= 11 is 0. The summed E-state index contributed by atoms with van der Waals surface area (Å²) in [5, 5.41) is 7.84. The fourth-order valence-corrected chi connectivity index (χ4v) is 4.33. The van der Waals surface area contributed by atoms with Gasteiger partial charge in [0, 0.05) is 49.5 Å². The quantitative estimate of drug-likeness (QED) is 0.804. The number of amides is 1. The van der Waals surface area contributed by atoms with Crippen molar-refractivity contribution in [3.63, 3.8) is 0 Å². The van der Waals surface area contributed by atoms with E-state index in [0.717, 1.165) is 50.0 Å². The Morgan fingerprint density at radius 3 is 2.73 bits per heavy atom. The van der Waals surface area contributed by atoms with E-state index in [2.05, 4.69) is 15.2 Å². The van der Waals surface area contributed by atoms with Gasteiger partial charge < -0.3 is 15.0 Å². The zero-order valence-corrected chi connectivity index (χ0v) is 16.8. The lowest BCUT2D eigenvalue weighted by molar-refractivity contribution is -0.274. The number of rotatable bonds is 5. The number of fused-ring (bicyclic) bond motifs is 1. The van der Waals surface area contributed by atoms with Crippen LogP contribution in [0.2, 0.25) is 0 Å². The highest BCUT2D eigenvalue weighted by Gasteiger charge is 2.33. The van der Waals surface area contributed by atoms with E-state index in [1.54, 1.807) is 16.8 Å². The Hall–Kier alpha value is -2.55. The second kappa shape index (κ2) is 8.29. The molecule has 1 atom stereocenters. The number of nitrogens with one attached hydrogen (secondary N) is 1. The van der Waals surface area contributed by atoms with Gasteiger partial charge in [-0.05, 0) is 38.2 Å². The molecule has 1 unspecified atom stereocenters. The molecule has 1 aromatic heterocycles. The summed E-state index contributed by atoms with van der Waals surface area (Å²) in [5.74, 6) is -0.214. The number of aromatic nitrogens is 2. The van der Waals surface area contributed by atoms with Gasteiger partial charge in [0.25, 0.3) is 5.91 Å². The summed E-state index contributed by atoms with van der Waals surface area (Å²) in [6, 6.07) is 6.19. The summed E-state index contributed by atoms with van der Waals surface area (Å²) < 4.78 is 43.9. The third-order valence-corrected chi connectivity index (χ3v) is 5.83. The minimum absolute atomic E-state index is 0.0195. The average molecular weight is 422 g/mol. The predicted molar refractivity (Wildman–Crippen MR) is 104 cm³/mol. The summed E-state index contributed by atoms with van der Waals surface area (Å²) in [5.41, 5.74) is 2.98. The van der Waals surface area contributed by atoms with Gasteiger partial charge >= 0.3 is 6.36 Å². The van der Waals surface area contributed by atoms with Crippen molar-refractivity contribution < 1.29 is 22.7 Å². The molecule has 9 heteroatoms. The van der Waals surface area contributed by atoms with Crippen LogP contribution in [0.15, 0.2) is 24.3 Å². The van der Waals surface area contributed by atoms with Crippen LogP contribution in [0.5, 0.6) is 5.75 Å². The molecule has 0 saturated carbocycles. The number of ether oxygens (including phenoxy) is 1. The number of likely N-dealkylation sites (tertiary alicyclic amines) is 1. The number of benzene rings is 1. The van der Waals surface area contributed by atoms with E-state index in [1.165, 1.54) is 12.1 Å². The minimum Gasteiger partial charge on any atom is -0.405 e. The molecule has 1 fully saturated rings. The predicted octanol–water partition coefficient (Wildman–Crippen LogP) is 3.20. The summed E-state index contributed by atoms with van der Waals surface area (Å²) in [4.78, 5) is 14.8. The largest absolute Gasteiger partial charge is 0.573 e. The molecule has 6 nitrogen and oxygen atoms in total. The van der Waals surface area contributed by atoms with E-state index in [9.17, 15) is 18.0 Å². The first kappa shape index (κ1) is 20.7. The van der Waals surface area contributed by atoms with Gasteiger partial charge in [0.15, 0.2) is 5.69 Å². The number of carbonyl (C=O) groups excluding carboxylic acids is 1. The van der Waals surface area contributed by atoms with Crippen molar-refractivity contribution in [3.05, 3.63) is 46.8 Å². The van der Waals surface area contributed by atoms with Crippen molar-refractivity contribution in [2.75, 3.05) is 13.1 Å². The molecule has 1 aromatic carbocycles. The lowest BCUT2D eigenvalue weighted by Gasteiger charge is -2.25. The van der Waals surface area contributed by atoms with Gasteiger partial charge in [-0.2, -0.15) is 5.10 Å².